The predicted octanol–water partition coefficient (Wildman–Crippen LogP) is 0.204. The van der Waals surface area contributed by atoms with E-state index in [-0.39, 0.29) is 13.2 Å². The van der Waals surface area contributed by atoms with Gasteiger partial charge in [0.05, 0.1) is 19.3 Å². The number of aliphatic hydroxyl groups excluding tert-OH is 2. The molecule has 1 rings (SSSR count). The molecule has 0 spiro atoms. The van der Waals surface area contributed by atoms with Crippen molar-refractivity contribution in [2.24, 2.45) is 0 Å². The van der Waals surface area contributed by atoms with E-state index >= 15 is 0 Å². The Morgan fingerprint density at radius 3 is 2.64 bits per heavy atom. The molecule has 0 atom stereocenters. The second-order valence-electron chi connectivity index (χ2n) is 2.84. The van der Waals surface area contributed by atoms with Crippen molar-refractivity contribution in [3.63, 3.8) is 0 Å². The van der Waals surface area contributed by atoms with E-state index in [1.165, 1.54) is 6.33 Å². The van der Waals surface area contributed by atoms with Crippen LogP contribution in [0.4, 0.5) is 5.82 Å². The van der Waals surface area contributed by atoms with E-state index in [1.807, 2.05) is 0 Å². The van der Waals surface area contributed by atoms with Crippen LogP contribution in [0.1, 0.15) is 5.56 Å². The summed E-state index contributed by atoms with van der Waals surface area (Å²) < 4.78 is 0. The Bertz CT molecular complexity index is 305. The lowest BCUT2D eigenvalue weighted by molar-refractivity contribution is 0.203. The number of hydrogen-bond donors (Lipinski definition) is 3. The third-order valence-corrected chi connectivity index (χ3v) is 2.19. The maximum Gasteiger partial charge on any atom is 0.137 e. The first-order valence-corrected chi connectivity index (χ1v) is 4.52. The van der Waals surface area contributed by atoms with Gasteiger partial charge in [0.25, 0.3) is 0 Å². The first kappa shape index (κ1) is 11.2. The topological polar surface area (TPSA) is 78.3 Å². The molecule has 0 aliphatic heterocycles. The van der Waals surface area contributed by atoms with Crippen LogP contribution in [0.5, 0.6) is 0 Å². The molecule has 0 unspecified atom stereocenters. The number of hydrogen-bond acceptors (Lipinski definition) is 5. The zero-order chi connectivity index (χ0) is 10.6. The Hall–Kier alpha value is -0.910. The van der Waals surface area contributed by atoms with Crippen molar-refractivity contribution in [2.75, 3.05) is 18.5 Å². The van der Waals surface area contributed by atoms with Crippen molar-refractivity contribution < 1.29 is 10.2 Å². The Balaban J connectivity index is 2.80. The Morgan fingerprint density at radius 2 is 2.07 bits per heavy atom. The summed E-state index contributed by atoms with van der Waals surface area (Å²) in [7, 11) is 0. The van der Waals surface area contributed by atoms with Gasteiger partial charge in [-0.25, -0.2) is 9.97 Å². The molecular weight excluding hydrogens is 206 g/mol. The molecule has 1 aromatic rings. The maximum absolute atomic E-state index is 8.85. The summed E-state index contributed by atoms with van der Waals surface area (Å²) in [5.41, 5.74) is 0.695. The highest BCUT2D eigenvalue weighted by Crippen LogP contribution is 2.18. The Labute approximate surface area is 86.8 Å². The number of halogens is 1. The van der Waals surface area contributed by atoms with Gasteiger partial charge in [0.1, 0.15) is 17.3 Å². The molecule has 0 radical (unpaired) electrons. The van der Waals surface area contributed by atoms with E-state index in [1.54, 1.807) is 6.92 Å². The number of anilines is 1. The van der Waals surface area contributed by atoms with Gasteiger partial charge in [-0.15, -0.1) is 0 Å². The first-order valence-electron chi connectivity index (χ1n) is 4.14. The van der Waals surface area contributed by atoms with Crippen molar-refractivity contribution in [2.45, 2.75) is 13.0 Å². The van der Waals surface area contributed by atoms with E-state index in [9.17, 15) is 0 Å². The number of nitrogens with zero attached hydrogens (tertiary/aromatic N) is 2. The third kappa shape index (κ3) is 2.54. The zero-order valence-electron chi connectivity index (χ0n) is 7.74. The highest BCUT2D eigenvalue weighted by molar-refractivity contribution is 6.30. The minimum Gasteiger partial charge on any atom is -0.394 e. The van der Waals surface area contributed by atoms with Crippen LogP contribution in [-0.4, -0.2) is 39.4 Å². The molecule has 0 aliphatic rings. The number of nitrogens with one attached hydrogen (secondary N) is 1. The standard InChI is InChI=1S/C8H12ClN3O2/c1-5-7(9)10-4-11-8(5)12-6(2-13)3-14/h4,6,13-14H,2-3H2,1H3,(H,10,11,12). The monoisotopic (exact) mass is 217 g/mol. The molecule has 0 aliphatic carbocycles. The van der Waals surface area contributed by atoms with Crippen molar-refractivity contribution in [1.82, 2.24) is 9.97 Å². The molecule has 3 N–H and O–H groups in total. The van der Waals surface area contributed by atoms with Gasteiger partial charge in [0.2, 0.25) is 0 Å². The van der Waals surface area contributed by atoms with Crippen molar-refractivity contribution in [1.29, 1.82) is 0 Å². The lowest BCUT2D eigenvalue weighted by Gasteiger charge is -2.15. The van der Waals surface area contributed by atoms with E-state index in [2.05, 4.69) is 15.3 Å². The molecule has 78 valence electrons. The van der Waals surface area contributed by atoms with E-state index in [0.717, 1.165) is 0 Å². The first-order chi connectivity index (χ1) is 6.69. The molecule has 0 amide bonds. The fourth-order valence-electron chi connectivity index (χ4n) is 0.917. The van der Waals surface area contributed by atoms with Gasteiger partial charge in [-0.05, 0) is 6.92 Å². The second-order valence-corrected chi connectivity index (χ2v) is 3.20. The molecule has 1 aromatic heterocycles. The largest absolute Gasteiger partial charge is 0.394 e. The summed E-state index contributed by atoms with van der Waals surface area (Å²) in [6.07, 6.45) is 1.32. The maximum atomic E-state index is 8.85. The Kier molecular flexibility index (Phi) is 4.06. The highest BCUT2D eigenvalue weighted by Gasteiger charge is 2.09. The van der Waals surface area contributed by atoms with Crippen LogP contribution >= 0.6 is 11.6 Å². The van der Waals surface area contributed by atoms with Gasteiger partial charge in [0.15, 0.2) is 0 Å². The van der Waals surface area contributed by atoms with Crippen LogP contribution in [0.25, 0.3) is 0 Å². The van der Waals surface area contributed by atoms with Crippen LogP contribution in [0.3, 0.4) is 0 Å². The summed E-state index contributed by atoms with van der Waals surface area (Å²) in [6, 6.07) is -0.431. The van der Waals surface area contributed by atoms with Crippen LogP contribution < -0.4 is 5.32 Å². The van der Waals surface area contributed by atoms with Crippen LogP contribution in [-0.2, 0) is 0 Å². The number of aliphatic hydroxyl groups is 2. The van der Waals surface area contributed by atoms with Crippen LogP contribution in [0, 0.1) is 6.92 Å². The zero-order valence-corrected chi connectivity index (χ0v) is 8.49. The fourth-order valence-corrected chi connectivity index (χ4v) is 1.05. The molecule has 0 bridgehead atoms. The van der Waals surface area contributed by atoms with Gasteiger partial charge in [-0.2, -0.15) is 0 Å². The normalized spacial score (nSPS) is 10.6. The van der Waals surface area contributed by atoms with Crippen molar-refractivity contribution in [3.05, 3.63) is 17.0 Å². The van der Waals surface area contributed by atoms with Crippen molar-refractivity contribution in [3.8, 4) is 0 Å². The van der Waals surface area contributed by atoms with Gasteiger partial charge < -0.3 is 15.5 Å². The second kappa shape index (κ2) is 5.09. The van der Waals surface area contributed by atoms with Gasteiger partial charge in [-0.3, -0.25) is 0 Å². The summed E-state index contributed by atoms with van der Waals surface area (Å²) in [6.45, 7) is 1.42. The van der Waals surface area contributed by atoms with E-state index < -0.39 is 6.04 Å². The molecule has 0 fully saturated rings. The lowest BCUT2D eigenvalue weighted by Crippen LogP contribution is -2.28. The highest BCUT2D eigenvalue weighted by atomic mass is 35.5. The molecule has 6 heteroatoms. The summed E-state index contributed by atoms with van der Waals surface area (Å²) >= 11 is 5.77. The van der Waals surface area contributed by atoms with Gasteiger partial charge >= 0.3 is 0 Å². The van der Waals surface area contributed by atoms with Crippen molar-refractivity contribution >= 4 is 17.4 Å². The smallest absolute Gasteiger partial charge is 0.137 e. The molecule has 0 saturated heterocycles. The molecule has 1 heterocycles. The molecule has 0 saturated carbocycles. The summed E-state index contributed by atoms with van der Waals surface area (Å²) in [5, 5.41) is 20.9. The third-order valence-electron chi connectivity index (χ3n) is 1.80. The van der Waals surface area contributed by atoms with Gasteiger partial charge in [-0.1, -0.05) is 11.6 Å². The minimum absolute atomic E-state index is 0.169. The van der Waals surface area contributed by atoms with Gasteiger partial charge in [0, 0.05) is 5.56 Å². The summed E-state index contributed by atoms with van der Waals surface area (Å²) in [4.78, 5) is 7.73. The summed E-state index contributed by atoms with van der Waals surface area (Å²) in [5.74, 6) is 0.526. The average molecular weight is 218 g/mol. The molecule has 5 nitrogen and oxygen atoms in total. The van der Waals surface area contributed by atoms with E-state index in [0.29, 0.717) is 16.5 Å². The minimum atomic E-state index is -0.431. The molecular formula is C8H12ClN3O2. The molecule has 0 aromatic carbocycles. The number of rotatable bonds is 4. The Morgan fingerprint density at radius 1 is 1.43 bits per heavy atom. The lowest BCUT2D eigenvalue weighted by atomic mass is 10.3. The quantitative estimate of drug-likeness (QED) is 0.629. The SMILES string of the molecule is Cc1c(Cl)ncnc1NC(CO)CO. The van der Waals surface area contributed by atoms with Crippen LogP contribution in [0.2, 0.25) is 5.15 Å². The molecule has 14 heavy (non-hydrogen) atoms. The predicted molar refractivity (Wildman–Crippen MR) is 53.4 cm³/mol. The van der Waals surface area contributed by atoms with Crippen LogP contribution in [0.15, 0.2) is 6.33 Å². The van der Waals surface area contributed by atoms with E-state index in [4.69, 9.17) is 21.8 Å². The number of aromatic nitrogens is 2. The fraction of sp³-hybridized carbons (Fsp3) is 0.500. The average Bonchev–Trinajstić information content (AvgIpc) is 2.20.